The Morgan fingerprint density at radius 1 is 0.967 bits per heavy atom. The summed E-state index contributed by atoms with van der Waals surface area (Å²) in [7, 11) is 0. The highest BCUT2D eigenvalue weighted by molar-refractivity contribution is 5.71. The Kier molecular flexibility index (Phi) is 7.87. The summed E-state index contributed by atoms with van der Waals surface area (Å²) in [4.78, 5) is 17.0. The summed E-state index contributed by atoms with van der Waals surface area (Å²) in [5.74, 6) is 1.38. The molecular formula is C24H37N3O3. The Balaban J connectivity index is 1.15. The normalized spacial score (nSPS) is 21.7. The van der Waals surface area contributed by atoms with E-state index in [0.29, 0.717) is 0 Å². The fraction of sp³-hybridized carbons (Fsp3) is 0.708. The van der Waals surface area contributed by atoms with Gasteiger partial charge in [0.25, 0.3) is 0 Å². The molecule has 0 radical (unpaired) electrons. The fourth-order valence-corrected chi connectivity index (χ4v) is 4.89. The van der Waals surface area contributed by atoms with Crippen LogP contribution in [0.3, 0.4) is 0 Å². The van der Waals surface area contributed by atoms with Gasteiger partial charge < -0.3 is 19.7 Å². The molecule has 3 fully saturated rings. The van der Waals surface area contributed by atoms with Crippen LogP contribution in [0.25, 0.3) is 0 Å². The topological polar surface area (TPSA) is 54.0 Å². The molecule has 0 amide bonds. The standard InChI is InChI=1S/C24H37N3O3/c28-24(30-23-3-1-2-4-23)19-29-22-7-5-21(6-8-22)27-17-15-26(16-18-27)14-11-20-9-12-25-13-10-20/h5-8,20,23,25H,1-4,9-19H2. The van der Waals surface area contributed by atoms with E-state index >= 15 is 0 Å². The van der Waals surface area contributed by atoms with Crippen LogP contribution in [0.4, 0.5) is 5.69 Å². The van der Waals surface area contributed by atoms with Crippen molar-refractivity contribution in [2.45, 2.75) is 51.0 Å². The van der Waals surface area contributed by atoms with Crippen LogP contribution in [0.1, 0.15) is 44.9 Å². The quantitative estimate of drug-likeness (QED) is 0.659. The lowest BCUT2D eigenvalue weighted by Crippen LogP contribution is -2.47. The maximum absolute atomic E-state index is 11.9. The number of esters is 1. The van der Waals surface area contributed by atoms with Crippen molar-refractivity contribution in [3.63, 3.8) is 0 Å². The first kappa shape index (κ1) is 21.4. The zero-order valence-electron chi connectivity index (χ0n) is 18.2. The highest BCUT2D eigenvalue weighted by atomic mass is 16.6. The average Bonchev–Trinajstić information content (AvgIpc) is 3.31. The molecule has 1 N–H and O–H groups in total. The van der Waals surface area contributed by atoms with Crippen LogP contribution >= 0.6 is 0 Å². The molecule has 3 aliphatic rings. The summed E-state index contributed by atoms with van der Waals surface area (Å²) in [6, 6.07) is 8.12. The van der Waals surface area contributed by atoms with Crippen molar-refractivity contribution >= 4 is 11.7 Å². The second-order valence-electron chi connectivity index (χ2n) is 8.99. The highest BCUT2D eigenvalue weighted by Crippen LogP contribution is 2.23. The maximum Gasteiger partial charge on any atom is 0.344 e. The number of carbonyl (C=O) groups excluding carboxylic acids is 1. The third-order valence-electron chi connectivity index (χ3n) is 6.84. The molecule has 166 valence electrons. The van der Waals surface area contributed by atoms with E-state index < -0.39 is 0 Å². The largest absolute Gasteiger partial charge is 0.482 e. The average molecular weight is 416 g/mol. The third-order valence-corrected chi connectivity index (χ3v) is 6.84. The molecule has 0 spiro atoms. The van der Waals surface area contributed by atoms with Gasteiger partial charge in [0, 0.05) is 31.9 Å². The zero-order chi connectivity index (χ0) is 20.6. The van der Waals surface area contributed by atoms with Crippen molar-refractivity contribution in [1.82, 2.24) is 10.2 Å². The first-order valence-corrected chi connectivity index (χ1v) is 11.9. The zero-order valence-corrected chi connectivity index (χ0v) is 18.2. The molecule has 2 heterocycles. The number of anilines is 1. The van der Waals surface area contributed by atoms with Gasteiger partial charge >= 0.3 is 5.97 Å². The number of piperazine rings is 1. The Morgan fingerprint density at radius 2 is 1.67 bits per heavy atom. The lowest BCUT2D eigenvalue weighted by atomic mass is 9.94. The molecule has 6 nitrogen and oxygen atoms in total. The van der Waals surface area contributed by atoms with E-state index in [0.717, 1.165) is 63.5 Å². The lowest BCUT2D eigenvalue weighted by molar-refractivity contribution is -0.151. The first-order chi connectivity index (χ1) is 14.8. The molecule has 2 aliphatic heterocycles. The monoisotopic (exact) mass is 415 g/mol. The van der Waals surface area contributed by atoms with E-state index in [4.69, 9.17) is 9.47 Å². The number of carbonyl (C=O) groups is 1. The minimum Gasteiger partial charge on any atom is -0.482 e. The fourth-order valence-electron chi connectivity index (χ4n) is 4.89. The molecule has 1 aromatic carbocycles. The van der Waals surface area contributed by atoms with Gasteiger partial charge in [-0.3, -0.25) is 4.90 Å². The number of nitrogens with one attached hydrogen (secondary N) is 1. The molecule has 2 saturated heterocycles. The smallest absolute Gasteiger partial charge is 0.344 e. The summed E-state index contributed by atoms with van der Waals surface area (Å²) in [5, 5.41) is 3.46. The van der Waals surface area contributed by atoms with Crippen LogP contribution < -0.4 is 15.0 Å². The van der Waals surface area contributed by atoms with Crippen LogP contribution in [0.5, 0.6) is 5.75 Å². The number of benzene rings is 1. The third kappa shape index (κ3) is 6.35. The number of piperidine rings is 1. The second-order valence-corrected chi connectivity index (χ2v) is 8.99. The van der Waals surface area contributed by atoms with E-state index in [1.54, 1.807) is 0 Å². The molecule has 1 aromatic rings. The lowest BCUT2D eigenvalue weighted by Gasteiger charge is -2.37. The van der Waals surface area contributed by atoms with E-state index in [1.165, 1.54) is 44.6 Å². The van der Waals surface area contributed by atoms with Crippen molar-refractivity contribution in [3.8, 4) is 5.75 Å². The van der Waals surface area contributed by atoms with Gasteiger partial charge in [0.2, 0.25) is 0 Å². The van der Waals surface area contributed by atoms with Crippen LogP contribution in [-0.2, 0) is 9.53 Å². The molecule has 0 aromatic heterocycles. The van der Waals surface area contributed by atoms with Gasteiger partial charge in [-0.1, -0.05) is 0 Å². The van der Waals surface area contributed by atoms with Crippen molar-refractivity contribution in [2.24, 2.45) is 5.92 Å². The Labute approximate surface area is 180 Å². The summed E-state index contributed by atoms with van der Waals surface area (Å²) >= 11 is 0. The van der Waals surface area contributed by atoms with Crippen molar-refractivity contribution in [2.75, 3.05) is 57.3 Å². The number of rotatable bonds is 8. The molecule has 30 heavy (non-hydrogen) atoms. The van der Waals surface area contributed by atoms with Crippen molar-refractivity contribution in [3.05, 3.63) is 24.3 Å². The van der Waals surface area contributed by atoms with E-state index in [-0.39, 0.29) is 18.7 Å². The van der Waals surface area contributed by atoms with Crippen LogP contribution in [0.15, 0.2) is 24.3 Å². The van der Waals surface area contributed by atoms with Gasteiger partial charge in [-0.05, 0) is 94.8 Å². The Hall–Kier alpha value is -1.79. The predicted molar refractivity (Wildman–Crippen MR) is 119 cm³/mol. The molecule has 0 unspecified atom stereocenters. The number of ether oxygens (including phenoxy) is 2. The molecule has 0 bridgehead atoms. The van der Waals surface area contributed by atoms with Crippen LogP contribution in [0, 0.1) is 5.92 Å². The van der Waals surface area contributed by atoms with Gasteiger partial charge in [0.1, 0.15) is 11.9 Å². The Bertz CT molecular complexity index is 646. The maximum atomic E-state index is 11.9. The van der Waals surface area contributed by atoms with Crippen molar-refractivity contribution < 1.29 is 14.3 Å². The van der Waals surface area contributed by atoms with E-state index in [2.05, 4.69) is 27.2 Å². The molecule has 0 atom stereocenters. The van der Waals surface area contributed by atoms with Crippen LogP contribution in [0.2, 0.25) is 0 Å². The number of nitrogens with zero attached hydrogens (tertiary/aromatic N) is 2. The summed E-state index contributed by atoms with van der Waals surface area (Å²) in [5.41, 5.74) is 1.23. The van der Waals surface area contributed by atoms with Crippen molar-refractivity contribution in [1.29, 1.82) is 0 Å². The van der Waals surface area contributed by atoms with Gasteiger partial charge in [-0.2, -0.15) is 0 Å². The second kappa shape index (κ2) is 11.0. The summed E-state index contributed by atoms with van der Waals surface area (Å²) in [6.07, 6.45) is 8.43. The molecule has 4 rings (SSSR count). The van der Waals surface area contributed by atoms with Gasteiger partial charge in [-0.15, -0.1) is 0 Å². The minimum atomic E-state index is -0.258. The SMILES string of the molecule is O=C(COc1ccc(N2CCN(CCC3CCNCC3)CC2)cc1)OC1CCCC1. The van der Waals surface area contributed by atoms with E-state index in [1.807, 2.05) is 12.1 Å². The summed E-state index contributed by atoms with van der Waals surface area (Å²) in [6.45, 7) is 8.03. The van der Waals surface area contributed by atoms with Gasteiger partial charge in [0.05, 0.1) is 0 Å². The van der Waals surface area contributed by atoms with Gasteiger partial charge in [0.15, 0.2) is 6.61 Å². The number of hydrogen-bond donors (Lipinski definition) is 1. The predicted octanol–water partition coefficient (Wildman–Crippen LogP) is 3.06. The molecule has 1 aliphatic carbocycles. The molecule has 1 saturated carbocycles. The molecule has 6 heteroatoms. The first-order valence-electron chi connectivity index (χ1n) is 11.9. The van der Waals surface area contributed by atoms with E-state index in [9.17, 15) is 4.79 Å². The molecular weight excluding hydrogens is 378 g/mol. The van der Waals surface area contributed by atoms with Gasteiger partial charge in [-0.25, -0.2) is 4.79 Å². The minimum absolute atomic E-state index is 0.00836. The van der Waals surface area contributed by atoms with Crippen LogP contribution in [-0.4, -0.2) is 69.4 Å². The highest BCUT2D eigenvalue weighted by Gasteiger charge is 2.21. The number of hydrogen-bond acceptors (Lipinski definition) is 6. The Morgan fingerprint density at radius 3 is 2.37 bits per heavy atom. The summed E-state index contributed by atoms with van der Waals surface area (Å²) < 4.78 is 11.1.